The van der Waals surface area contributed by atoms with Crippen LogP contribution >= 0.6 is 0 Å². The molecule has 0 aromatic carbocycles. The SMILES string of the molecule is [2H]CC(=O)NC(=O)[C@H](C)N. The molecule has 4 heteroatoms. The molecular weight excluding hydrogens is 120 g/mol. The normalized spacial score (nSPS) is 13.8. The van der Waals surface area contributed by atoms with Crippen LogP contribution in [0.15, 0.2) is 0 Å². The molecule has 0 spiro atoms. The van der Waals surface area contributed by atoms with Gasteiger partial charge in [0.1, 0.15) is 0 Å². The molecule has 0 bridgehead atoms. The molecule has 0 saturated carbocycles. The minimum atomic E-state index is -0.699. The van der Waals surface area contributed by atoms with Crippen molar-refractivity contribution in [1.29, 1.82) is 0 Å². The number of nitrogens with two attached hydrogens (primary N) is 1. The zero-order valence-electron chi connectivity index (χ0n) is 6.18. The van der Waals surface area contributed by atoms with Gasteiger partial charge in [0.05, 0.1) is 6.04 Å². The van der Waals surface area contributed by atoms with Crippen LogP contribution in [0.3, 0.4) is 0 Å². The minimum Gasteiger partial charge on any atom is -0.320 e. The Morgan fingerprint density at radius 1 is 1.78 bits per heavy atom. The van der Waals surface area contributed by atoms with Crippen molar-refractivity contribution in [3.05, 3.63) is 0 Å². The van der Waals surface area contributed by atoms with Gasteiger partial charge < -0.3 is 5.73 Å². The minimum absolute atomic E-state index is 0.446. The van der Waals surface area contributed by atoms with Gasteiger partial charge in [-0.3, -0.25) is 14.9 Å². The highest BCUT2D eigenvalue weighted by molar-refractivity contribution is 5.96. The van der Waals surface area contributed by atoms with Gasteiger partial charge in [0.15, 0.2) is 0 Å². The van der Waals surface area contributed by atoms with Crippen molar-refractivity contribution in [1.82, 2.24) is 5.32 Å². The van der Waals surface area contributed by atoms with Crippen LogP contribution in [-0.4, -0.2) is 17.9 Å². The molecule has 1 atom stereocenters. The summed E-state index contributed by atoms with van der Waals surface area (Å²) in [5.41, 5.74) is 5.11. The molecule has 9 heavy (non-hydrogen) atoms. The molecule has 0 aromatic rings. The van der Waals surface area contributed by atoms with Crippen LogP contribution in [0, 0.1) is 0 Å². The van der Waals surface area contributed by atoms with Crippen LogP contribution < -0.4 is 11.1 Å². The molecule has 0 heterocycles. The maximum atomic E-state index is 10.6. The summed E-state index contributed by atoms with van der Waals surface area (Å²) in [6.07, 6.45) is 0. The average Bonchev–Trinajstić information content (AvgIpc) is 1.87. The molecule has 0 aliphatic heterocycles. The summed E-state index contributed by atoms with van der Waals surface area (Å²) in [5.74, 6) is -1.17. The van der Waals surface area contributed by atoms with Gasteiger partial charge >= 0.3 is 0 Å². The van der Waals surface area contributed by atoms with Gasteiger partial charge in [-0.25, -0.2) is 0 Å². The quantitative estimate of drug-likeness (QED) is 0.479. The molecule has 0 unspecified atom stereocenters. The number of hydrogen-bond donors (Lipinski definition) is 2. The summed E-state index contributed by atoms with van der Waals surface area (Å²) in [6.45, 7) is 1.02. The Hall–Kier alpha value is -0.900. The van der Waals surface area contributed by atoms with E-state index in [1.165, 1.54) is 6.92 Å². The molecule has 2 amide bonds. The summed E-state index contributed by atoms with van der Waals surface area (Å²) < 4.78 is 6.54. The van der Waals surface area contributed by atoms with Gasteiger partial charge in [0, 0.05) is 8.27 Å². The molecule has 0 aliphatic carbocycles. The fourth-order valence-corrected chi connectivity index (χ4v) is 0.251. The van der Waals surface area contributed by atoms with Crippen LogP contribution in [0.25, 0.3) is 0 Å². The summed E-state index contributed by atoms with van der Waals surface area (Å²) in [4.78, 5) is 20.9. The predicted octanol–water partition coefficient (Wildman–Crippen LogP) is -1.00. The van der Waals surface area contributed by atoms with Crippen molar-refractivity contribution in [2.45, 2.75) is 19.9 Å². The number of nitrogens with one attached hydrogen (secondary N) is 1. The second kappa shape index (κ2) is 3.19. The first-order chi connectivity index (χ1) is 4.57. The lowest BCUT2D eigenvalue weighted by Gasteiger charge is -2.01. The van der Waals surface area contributed by atoms with Crippen LogP contribution in [0.2, 0.25) is 0 Å². The van der Waals surface area contributed by atoms with Crippen molar-refractivity contribution in [3.63, 3.8) is 0 Å². The van der Waals surface area contributed by atoms with Crippen molar-refractivity contribution in [2.24, 2.45) is 5.73 Å². The molecule has 3 N–H and O–H groups in total. The first-order valence-electron chi connectivity index (χ1n) is 3.17. The third-order valence-electron chi connectivity index (χ3n) is 0.676. The van der Waals surface area contributed by atoms with E-state index in [-0.39, 0.29) is 0 Å². The molecule has 0 aromatic heterocycles. The van der Waals surface area contributed by atoms with E-state index < -0.39 is 24.8 Å². The van der Waals surface area contributed by atoms with Crippen LogP contribution in [0.1, 0.15) is 15.2 Å². The highest BCUT2D eigenvalue weighted by Gasteiger charge is 2.06. The highest BCUT2D eigenvalue weighted by atomic mass is 16.2. The number of carbonyl (C=O) groups excluding carboxylic acids is 2. The van der Waals surface area contributed by atoms with Gasteiger partial charge in [-0.1, -0.05) is 0 Å². The second-order valence-corrected chi connectivity index (χ2v) is 1.70. The second-order valence-electron chi connectivity index (χ2n) is 1.70. The van der Waals surface area contributed by atoms with E-state index in [0.717, 1.165) is 0 Å². The van der Waals surface area contributed by atoms with Gasteiger partial charge in [-0.05, 0) is 6.92 Å². The number of hydrogen-bond acceptors (Lipinski definition) is 3. The van der Waals surface area contributed by atoms with Crippen molar-refractivity contribution >= 4 is 11.8 Å². The van der Waals surface area contributed by atoms with Gasteiger partial charge in [-0.2, -0.15) is 0 Å². The molecule has 52 valence electrons. The van der Waals surface area contributed by atoms with E-state index in [9.17, 15) is 9.59 Å². The fourth-order valence-electron chi connectivity index (χ4n) is 0.251. The first-order valence-corrected chi connectivity index (χ1v) is 2.46. The lowest BCUT2D eigenvalue weighted by atomic mass is 10.3. The number of imide groups is 1. The van der Waals surface area contributed by atoms with Gasteiger partial charge in [-0.15, -0.1) is 0 Å². The van der Waals surface area contributed by atoms with Crippen LogP contribution in [0.5, 0.6) is 0 Å². The van der Waals surface area contributed by atoms with E-state index in [1.54, 1.807) is 0 Å². The Balaban J connectivity index is 3.69. The highest BCUT2D eigenvalue weighted by Crippen LogP contribution is 1.73. The van der Waals surface area contributed by atoms with Crippen LogP contribution in [-0.2, 0) is 9.59 Å². The molecule has 0 saturated heterocycles. The standard InChI is InChI=1S/C5H10N2O2/c1-3(6)5(9)7-4(2)8/h3H,6H2,1-2H3,(H,7,8,9)/t3-/m0/s1/i2D. The maximum absolute atomic E-state index is 10.6. The zero-order valence-corrected chi connectivity index (χ0v) is 5.18. The largest absolute Gasteiger partial charge is 0.320 e. The molecule has 0 radical (unpaired) electrons. The van der Waals surface area contributed by atoms with E-state index in [2.05, 4.69) is 0 Å². The van der Waals surface area contributed by atoms with E-state index in [4.69, 9.17) is 7.10 Å². The van der Waals surface area contributed by atoms with Gasteiger partial charge in [0.2, 0.25) is 11.8 Å². The Bertz CT molecular complexity index is 147. The lowest BCUT2D eigenvalue weighted by Crippen LogP contribution is -2.40. The van der Waals surface area contributed by atoms with Crippen molar-refractivity contribution in [3.8, 4) is 0 Å². The topological polar surface area (TPSA) is 72.2 Å². The van der Waals surface area contributed by atoms with Crippen molar-refractivity contribution in [2.75, 3.05) is 0 Å². The molecular formula is C5H10N2O2. The maximum Gasteiger partial charge on any atom is 0.243 e. The van der Waals surface area contributed by atoms with Crippen LogP contribution in [0.4, 0.5) is 0 Å². The van der Waals surface area contributed by atoms with Crippen molar-refractivity contribution < 1.29 is 11.0 Å². The average molecular weight is 131 g/mol. The van der Waals surface area contributed by atoms with E-state index in [0.29, 0.717) is 0 Å². The third-order valence-corrected chi connectivity index (χ3v) is 0.676. The Morgan fingerprint density at radius 2 is 2.33 bits per heavy atom. The Kier molecular flexibility index (Phi) is 2.21. The Morgan fingerprint density at radius 3 is 2.67 bits per heavy atom. The number of amides is 2. The molecule has 0 rings (SSSR count). The molecule has 4 nitrogen and oxygen atoms in total. The zero-order chi connectivity index (χ0) is 8.15. The molecule has 0 aliphatic rings. The lowest BCUT2D eigenvalue weighted by molar-refractivity contribution is -0.129. The monoisotopic (exact) mass is 131 g/mol. The Labute approximate surface area is 54.8 Å². The summed E-state index contributed by atoms with van der Waals surface area (Å²) in [7, 11) is 0. The first kappa shape index (κ1) is 6.22. The van der Waals surface area contributed by atoms with E-state index in [1.807, 2.05) is 5.32 Å². The number of carbonyl (C=O) groups is 2. The smallest absolute Gasteiger partial charge is 0.243 e. The number of rotatable bonds is 1. The summed E-state index contributed by atoms with van der Waals surface area (Å²) in [6, 6.07) is -0.699. The molecule has 0 fully saturated rings. The predicted molar refractivity (Wildman–Crippen MR) is 32.5 cm³/mol. The van der Waals surface area contributed by atoms with Gasteiger partial charge in [0.25, 0.3) is 0 Å². The summed E-state index contributed by atoms with van der Waals surface area (Å²) in [5, 5.41) is 1.94. The fraction of sp³-hybridized carbons (Fsp3) is 0.600. The third kappa shape index (κ3) is 3.66. The summed E-state index contributed by atoms with van der Waals surface area (Å²) >= 11 is 0. The van der Waals surface area contributed by atoms with E-state index >= 15 is 0 Å².